The van der Waals surface area contributed by atoms with E-state index in [1.165, 1.54) is 11.3 Å². The second-order valence-corrected chi connectivity index (χ2v) is 8.87. The summed E-state index contributed by atoms with van der Waals surface area (Å²) in [7, 11) is 4.09. The van der Waals surface area contributed by atoms with Crippen LogP contribution in [0, 0.1) is 0 Å². The molecule has 0 aliphatic carbocycles. The highest BCUT2D eigenvalue weighted by Crippen LogP contribution is 2.35. The summed E-state index contributed by atoms with van der Waals surface area (Å²) in [5.41, 5.74) is 2.62. The Morgan fingerprint density at radius 2 is 1.70 bits per heavy atom. The van der Waals surface area contributed by atoms with Gasteiger partial charge < -0.3 is 14.5 Å². The van der Waals surface area contributed by atoms with Gasteiger partial charge in [0, 0.05) is 30.9 Å². The molecule has 0 radical (unpaired) electrons. The van der Waals surface area contributed by atoms with E-state index in [1.807, 2.05) is 68.4 Å². The number of thiazole rings is 1. The Bertz CT molecular complexity index is 1020. The molecule has 0 aliphatic rings. The fourth-order valence-electron chi connectivity index (χ4n) is 3.69. The number of nitrogens with zero attached hydrogens (tertiary/aromatic N) is 4. The van der Waals surface area contributed by atoms with E-state index in [0.29, 0.717) is 23.8 Å². The molecule has 3 aromatic rings. The van der Waals surface area contributed by atoms with Crippen LogP contribution in [-0.4, -0.2) is 62.7 Å². The number of amides is 1. The first kappa shape index (κ1) is 26.9. The van der Waals surface area contributed by atoms with Crippen molar-refractivity contribution in [2.24, 2.45) is 0 Å². The molecular formula is C25H35ClN4O2S. The van der Waals surface area contributed by atoms with E-state index >= 15 is 0 Å². The van der Waals surface area contributed by atoms with Gasteiger partial charge in [-0.25, -0.2) is 4.98 Å². The molecule has 0 spiro atoms. The van der Waals surface area contributed by atoms with Crippen molar-refractivity contribution in [1.29, 1.82) is 0 Å². The SMILES string of the molecule is CCOc1cccc2sc(N(CCCN(C)C)C(=O)c3ccc(N(CC)CC)cc3)nc12.Cl. The summed E-state index contributed by atoms with van der Waals surface area (Å²) in [6.07, 6.45) is 0.866. The molecule has 1 heterocycles. The highest BCUT2D eigenvalue weighted by molar-refractivity contribution is 7.22. The quantitative estimate of drug-likeness (QED) is 0.352. The molecule has 180 valence electrons. The molecule has 0 bridgehead atoms. The van der Waals surface area contributed by atoms with Crippen LogP contribution in [0.2, 0.25) is 0 Å². The van der Waals surface area contributed by atoms with Crippen molar-refractivity contribution in [2.75, 3.05) is 56.7 Å². The van der Waals surface area contributed by atoms with Crippen LogP contribution in [0.5, 0.6) is 5.75 Å². The second kappa shape index (κ2) is 12.8. The van der Waals surface area contributed by atoms with Crippen LogP contribution in [0.3, 0.4) is 0 Å². The molecule has 1 amide bonds. The number of benzene rings is 2. The standard InChI is InChI=1S/C25H34N4O2S.ClH/c1-6-28(7-2)20-15-13-19(14-16-20)24(30)29(18-10-17-27(4)5)25-26-23-21(31-8-3)11-9-12-22(23)32-25;/h9,11-16H,6-8,10,17-18H2,1-5H3;1H. The number of carbonyl (C=O) groups is 1. The van der Waals surface area contributed by atoms with Gasteiger partial charge in [-0.1, -0.05) is 17.4 Å². The number of carbonyl (C=O) groups excluding carboxylic acids is 1. The third kappa shape index (κ3) is 6.59. The zero-order valence-corrected chi connectivity index (χ0v) is 21.8. The lowest BCUT2D eigenvalue weighted by Crippen LogP contribution is -2.33. The first-order valence-electron chi connectivity index (χ1n) is 11.3. The van der Waals surface area contributed by atoms with Gasteiger partial charge in [-0.05, 0) is 84.2 Å². The molecule has 0 N–H and O–H groups in total. The number of hydrogen-bond donors (Lipinski definition) is 0. The van der Waals surface area contributed by atoms with Crippen molar-refractivity contribution < 1.29 is 9.53 Å². The van der Waals surface area contributed by atoms with Gasteiger partial charge in [0.05, 0.1) is 11.3 Å². The molecule has 0 unspecified atom stereocenters. The summed E-state index contributed by atoms with van der Waals surface area (Å²) in [5, 5.41) is 0.712. The average Bonchev–Trinajstić information content (AvgIpc) is 3.22. The Balaban J connectivity index is 0.00000385. The van der Waals surface area contributed by atoms with Crippen molar-refractivity contribution in [3.8, 4) is 5.75 Å². The molecule has 3 rings (SSSR count). The molecular weight excluding hydrogens is 456 g/mol. The highest BCUT2D eigenvalue weighted by atomic mass is 35.5. The number of hydrogen-bond acceptors (Lipinski definition) is 6. The molecule has 2 aromatic carbocycles. The molecule has 0 fully saturated rings. The van der Waals surface area contributed by atoms with Crippen LogP contribution in [0.4, 0.5) is 10.8 Å². The van der Waals surface area contributed by atoms with Crippen LogP contribution in [0.1, 0.15) is 37.6 Å². The second-order valence-electron chi connectivity index (χ2n) is 7.87. The van der Waals surface area contributed by atoms with Gasteiger partial charge in [0.25, 0.3) is 5.91 Å². The van der Waals surface area contributed by atoms with E-state index in [9.17, 15) is 4.79 Å². The molecule has 8 heteroatoms. The van der Waals surface area contributed by atoms with Crippen LogP contribution in [0.25, 0.3) is 10.2 Å². The van der Waals surface area contributed by atoms with E-state index in [2.05, 4.69) is 23.6 Å². The van der Waals surface area contributed by atoms with E-state index < -0.39 is 0 Å². The average molecular weight is 491 g/mol. The van der Waals surface area contributed by atoms with Gasteiger partial charge in [0.15, 0.2) is 5.13 Å². The lowest BCUT2D eigenvalue weighted by molar-refractivity contribution is 0.0986. The van der Waals surface area contributed by atoms with Crippen molar-refractivity contribution in [2.45, 2.75) is 27.2 Å². The largest absolute Gasteiger partial charge is 0.492 e. The summed E-state index contributed by atoms with van der Waals surface area (Å²) in [6, 6.07) is 13.8. The maximum absolute atomic E-state index is 13.6. The fourth-order valence-corrected chi connectivity index (χ4v) is 4.70. The highest BCUT2D eigenvalue weighted by Gasteiger charge is 2.22. The normalized spacial score (nSPS) is 10.8. The van der Waals surface area contributed by atoms with Crippen LogP contribution in [0.15, 0.2) is 42.5 Å². The number of aromatic nitrogens is 1. The van der Waals surface area contributed by atoms with E-state index in [1.54, 1.807) is 0 Å². The Morgan fingerprint density at radius 3 is 2.30 bits per heavy atom. The number of ether oxygens (including phenoxy) is 1. The summed E-state index contributed by atoms with van der Waals surface area (Å²) in [4.78, 5) is 24.6. The van der Waals surface area contributed by atoms with Gasteiger partial charge in [0.2, 0.25) is 0 Å². The van der Waals surface area contributed by atoms with Crippen molar-refractivity contribution >= 4 is 50.7 Å². The first-order chi connectivity index (χ1) is 15.5. The Kier molecular flexibility index (Phi) is 10.4. The molecule has 1 aromatic heterocycles. The maximum atomic E-state index is 13.6. The van der Waals surface area contributed by atoms with Gasteiger partial charge >= 0.3 is 0 Å². The summed E-state index contributed by atoms with van der Waals surface area (Å²) in [6.45, 7) is 10.2. The van der Waals surface area contributed by atoms with Crippen molar-refractivity contribution in [3.63, 3.8) is 0 Å². The summed E-state index contributed by atoms with van der Waals surface area (Å²) < 4.78 is 6.78. The van der Waals surface area contributed by atoms with Crippen LogP contribution >= 0.6 is 23.7 Å². The van der Waals surface area contributed by atoms with Gasteiger partial charge in [-0.15, -0.1) is 12.4 Å². The summed E-state index contributed by atoms with van der Waals surface area (Å²) in [5.74, 6) is 0.739. The topological polar surface area (TPSA) is 48.9 Å². The Morgan fingerprint density at radius 1 is 1.00 bits per heavy atom. The van der Waals surface area contributed by atoms with Crippen molar-refractivity contribution in [1.82, 2.24) is 9.88 Å². The molecule has 0 atom stereocenters. The first-order valence-corrected chi connectivity index (χ1v) is 12.1. The number of halogens is 1. The third-order valence-electron chi connectivity index (χ3n) is 5.38. The Labute approximate surface area is 207 Å². The zero-order valence-electron chi connectivity index (χ0n) is 20.2. The number of fused-ring (bicyclic) bond motifs is 1. The van der Waals surface area contributed by atoms with Gasteiger partial charge in [-0.3, -0.25) is 9.69 Å². The monoisotopic (exact) mass is 490 g/mol. The van der Waals surface area contributed by atoms with E-state index in [-0.39, 0.29) is 18.3 Å². The zero-order chi connectivity index (χ0) is 23.1. The number of para-hydroxylation sites is 1. The molecule has 6 nitrogen and oxygen atoms in total. The van der Waals surface area contributed by atoms with Gasteiger partial charge in [0.1, 0.15) is 11.3 Å². The molecule has 0 saturated carbocycles. The fraction of sp³-hybridized carbons (Fsp3) is 0.440. The smallest absolute Gasteiger partial charge is 0.260 e. The molecule has 0 aliphatic heterocycles. The lowest BCUT2D eigenvalue weighted by atomic mass is 10.1. The minimum absolute atomic E-state index is 0. The minimum Gasteiger partial charge on any atom is -0.492 e. The summed E-state index contributed by atoms with van der Waals surface area (Å²) >= 11 is 1.53. The maximum Gasteiger partial charge on any atom is 0.260 e. The van der Waals surface area contributed by atoms with E-state index in [4.69, 9.17) is 9.72 Å². The van der Waals surface area contributed by atoms with Gasteiger partial charge in [-0.2, -0.15) is 0 Å². The minimum atomic E-state index is -0.0214. The lowest BCUT2D eigenvalue weighted by Gasteiger charge is -2.23. The van der Waals surface area contributed by atoms with Crippen molar-refractivity contribution in [3.05, 3.63) is 48.0 Å². The Hall–Kier alpha value is -2.35. The molecule has 33 heavy (non-hydrogen) atoms. The third-order valence-corrected chi connectivity index (χ3v) is 6.42. The number of rotatable bonds is 11. The molecule has 0 saturated heterocycles. The number of anilines is 2. The van der Waals surface area contributed by atoms with Crippen LogP contribution < -0.4 is 14.5 Å². The predicted molar refractivity (Wildman–Crippen MR) is 143 cm³/mol. The predicted octanol–water partition coefficient (Wildman–Crippen LogP) is 5.56. The van der Waals surface area contributed by atoms with Crippen LogP contribution in [-0.2, 0) is 0 Å². The van der Waals surface area contributed by atoms with E-state index in [0.717, 1.165) is 47.7 Å².